The summed E-state index contributed by atoms with van der Waals surface area (Å²) >= 11 is 6.20. The Balaban J connectivity index is 2.38. The van der Waals surface area contributed by atoms with Crippen LogP contribution in [0.4, 0.5) is 0 Å². The first-order valence-corrected chi connectivity index (χ1v) is 5.44. The minimum atomic E-state index is 0.113. The van der Waals surface area contributed by atoms with Gasteiger partial charge in [-0.3, -0.25) is 0 Å². The van der Waals surface area contributed by atoms with E-state index < -0.39 is 0 Å². The molecule has 1 atom stereocenters. The minimum Gasteiger partial charge on any atom is -0.324 e. The summed E-state index contributed by atoms with van der Waals surface area (Å²) in [6.07, 6.45) is 6.95. The van der Waals surface area contributed by atoms with E-state index in [4.69, 9.17) is 17.3 Å². The van der Waals surface area contributed by atoms with E-state index in [0.717, 1.165) is 17.0 Å². The molecule has 0 saturated heterocycles. The fraction of sp³-hybridized carbons (Fsp3) is 0.231. The second-order valence-corrected chi connectivity index (χ2v) is 4.34. The third kappa shape index (κ3) is 2.31. The number of hydrogen-bond acceptors (Lipinski definition) is 1. The summed E-state index contributed by atoms with van der Waals surface area (Å²) in [5, 5.41) is 0.809. The summed E-state index contributed by atoms with van der Waals surface area (Å²) in [6, 6.07) is 6.24. The van der Waals surface area contributed by atoms with Gasteiger partial charge in [-0.05, 0) is 36.1 Å². The molecule has 0 aliphatic heterocycles. The van der Waals surface area contributed by atoms with Gasteiger partial charge in [0, 0.05) is 11.1 Å². The molecule has 0 saturated carbocycles. The molecule has 1 aromatic carbocycles. The van der Waals surface area contributed by atoms with Crippen molar-refractivity contribution in [2.45, 2.75) is 19.4 Å². The molecule has 2 rings (SSSR count). The van der Waals surface area contributed by atoms with Crippen LogP contribution in [0.5, 0.6) is 0 Å². The molecular formula is C13H14ClN. The molecule has 0 amide bonds. The highest BCUT2D eigenvalue weighted by Gasteiger charge is 2.11. The highest BCUT2D eigenvalue weighted by atomic mass is 35.5. The van der Waals surface area contributed by atoms with Crippen molar-refractivity contribution in [1.82, 2.24) is 0 Å². The van der Waals surface area contributed by atoms with Crippen molar-refractivity contribution < 1.29 is 0 Å². The van der Waals surface area contributed by atoms with Gasteiger partial charge in [-0.25, -0.2) is 0 Å². The number of nitrogens with two attached hydrogens (primary N) is 1. The molecular weight excluding hydrogens is 206 g/mol. The lowest BCUT2D eigenvalue weighted by Crippen LogP contribution is -2.18. The molecule has 0 bridgehead atoms. The van der Waals surface area contributed by atoms with E-state index in [-0.39, 0.29) is 6.04 Å². The quantitative estimate of drug-likeness (QED) is 0.771. The first-order chi connectivity index (χ1) is 7.16. The van der Waals surface area contributed by atoms with E-state index in [1.165, 1.54) is 11.1 Å². The van der Waals surface area contributed by atoms with Gasteiger partial charge in [-0.2, -0.15) is 0 Å². The van der Waals surface area contributed by atoms with Crippen molar-refractivity contribution >= 4 is 17.2 Å². The smallest absolute Gasteiger partial charge is 0.0483 e. The molecule has 1 unspecified atom stereocenters. The average Bonchev–Trinajstić information content (AvgIpc) is 2.17. The van der Waals surface area contributed by atoms with Gasteiger partial charge in [-0.1, -0.05) is 42.0 Å². The van der Waals surface area contributed by atoms with E-state index >= 15 is 0 Å². The first-order valence-electron chi connectivity index (χ1n) is 5.06. The van der Waals surface area contributed by atoms with Crippen LogP contribution in [0.2, 0.25) is 5.02 Å². The van der Waals surface area contributed by atoms with Gasteiger partial charge in [0.1, 0.15) is 0 Å². The minimum absolute atomic E-state index is 0.113. The Morgan fingerprint density at radius 2 is 2.20 bits per heavy atom. The van der Waals surface area contributed by atoms with Crippen molar-refractivity contribution in [2.24, 2.45) is 5.73 Å². The van der Waals surface area contributed by atoms with Gasteiger partial charge in [0.25, 0.3) is 0 Å². The topological polar surface area (TPSA) is 26.0 Å². The SMILES string of the molecule is Cc1ccc(C2=CC=CC(N)C2)c(Cl)c1. The van der Waals surface area contributed by atoms with Crippen LogP contribution >= 0.6 is 11.6 Å². The lowest BCUT2D eigenvalue weighted by Gasteiger charge is -2.16. The molecule has 0 aromatic heterocycles. The van der Waals surface area contributed by atoms with Gasteiger partial charge < -0.3 is 5.73 Å². The Bertz CT molecular complexity index is 432. The molecule has 1 aliphatic carbocycles. The van der Waals surface area contributed by atoms with Crippen LogP contribution in [0.25, 0.3) is 5.57 Å². The molecule has 1 aliphatic rings. The molecule has 78 valence electrons. The summed E-state index contributed by atoms with van der Waals surface area (Å²) < 4.78 is 0. The summed E-state index contributed by atoms with van der Waals surface area (Å²) in [7, 11) is 0. The van der Waals surface area contributed by atoms with Gasteiger partial charge in [0.15, 0.2) is 0 Å². The lowest BCUT2D eigenvalue weighted by molar-refractivity contribution is 0.838. The predicted octanol–water partition coefficient (Wildman–Crippen LogP) is 3.32. The standard InChI is InChI=1S/C13H14ClN/c1-9-5-6-12(13(14)7-9)10-3-2-4-11(15)8-10/h2-7,11H,8,15H2,1H3. The van der Waals surface area contributed by atoms with Crippen LogP contribution in [-0.4, -0.2) is 6.04 Å². The number of aryl methyl sites for hydroxylation is 1. The number of benzene rings is 1. The highest BCUT2D eigenvalue weighted by molar-refractivity contribution is 6.32. The molecule has 0 fully saturated rings. The second kappa shape index (κ2) is 4.21. The number of halogens is 1. The Hall–Kier alpha value is -1.05. The molecule has 0 spiro atoms. The van der Waals surface area contributed by atoms with Gasteiger partial charge in [0.05, 0.1) is 0 Å². The Morgan fingerprint density at radius 1 is 1.40 bits per heavy atom. The third-order valence-corrected chi connectivity index (χ3v) is 2.89. The predicted molar refractivity (Wildman–Crippen MR) is 65.9 cm³/mol. The van der Waals surface area contributed by atoms with Crippen LogP contribution in [0.1, 0.15) is 17.5 Å². The molecule has 1 aromatic rings. The molecule has 15 heavy (non-hydrogen) atoms. The zero-order valence-corrected chi connectivity index (χ0v) is 9.46. The van der Waals surface area contributed by atoms with Crippen LogP contribution < -0.4 is 5.73 Å². The molecule has 2 heteroatoms. The highest BCUT2D eigenvalue weighted by Crippen LogP contribution is 2.29. The van der Waals surface area contributed by atoms with Crippen molar-refractivity contribution in [3.8, 4) is 0 Å². The second-order valence-electron chi connectivity index (χ2n) is 3.93. The summed E-state index contributed by atoms with van der Waals surface area (Å²) in [6.45, 7) is 2.04. The van der Waals surface area contributed by atoms with Gasteiger partial charge in [0.2, 0.25) is 0 Å². The normalized spacial score (nSPS) is 20.2. The molecule has 0 radical (unpaired) electrons. The Labute approximate surface area is 95.2 Å². The van der Waals surface area contributed by atoms with Crippen molar-refractivity contribution in [1.29, 1.82) is 0 Å². The summed E-state index contributed by atoms with van der Waals surface area (Å²) in [5.74, 6) is 0. The fourth-order valence-corrected chi connectivity index (χ4v) is 2.14. The van der Waals surface area contributed by atoms with Crippen LogP contribution in [-0.2, 0) is 0 Å². The largest absolute Gasteiger partial charge is 0.324 e. The van der Waals surface area contributed by atoms with Crippen molar-refractivity contribution in [3.05, 3.63) is 52.6 Å². The average molecular weight is 220 g/mol. The van der Waals surface area contributed by atoms with E-state index in [0.29, 0.717) is 0 Å². The molecule has 1 nitrogen and oxygen atoms in total. The Morgan fingerprint density at radius 3 is 2.87 bits per heavy atom. The van der Waals surface area contributed by atoms with Crippen LogP contribution in [0.15, 0.2) is 36.4 Å². The van der Waals surface area contributed by atoms with Crippen LogP contribution in [0, 0.1) is 6.92 Å². The van der Waals surface area contributed by atoms with E-state index in [9.17, 15) is 0 Å². The molecule has 2 N–H and O–H groups in total. The van der Waals surface area contributed by atoms with E-state index in [1.807, 2.05) is 25.1 Å². The van der Waals surface area contributed by atoms with Gasteiger partial charge in [-0.15, -0.1) is 0 Å². The van der Waals surface area contributed by atoms with Crippen LogP contribution in [0.3, 0.4) is 0 Å². The monoisotopic (exact) mass is 219 g/mol. The van der Waals surface area contributed by atoms with Gasteiger partial charge >= 0.3 is 0 Å². The number of hydrogen-bond donors (Lipinski definition) is 1. The maximum absolute atomic E-state index is 6.20. The van der Waals surface area contributed by atoms with Crippen molar-refractivity contribution in [3.63, 3.8) is 0 Å². The summed E-state index contributed by atoms with van der Waals surface area (Å²) in [4.78, 5) is 0. The number of rotatable bonds is 1. The summed E-state index contributed by atoms with van der Waals surface area (Å²) in [5.41, 5.74) is 9.37. The maximum Gasteiger partial charge on any atom is 0.0483 e. The zero-order valence-electron chi connectivity index (χ0n) is 8.70. The maximum atomic E-state index is 6.20. The third-order valence-electron chi connectivity index (χ3n) is 2.58. The van der Waals surface area contributed by atoms with E-state index in [1.54, 1.807) is 0 Å². The lowest BCUT2D eigenvalue weighted by atomic mass is 9.94. The van der Waals surface area contributed by atoms with E-state index in [2.05, 4.69) is 18.2 Å². The first kappa shape index (κ1) is 10.5. The van der Waals surface area contributed by atoms with Crippen molar-refractivity contribution in [2.75, 3.05) is 0 Å². The number of allylic oxidation sites excluding steroid dienone is 2. The fourth-order valence-electron chi connectivity index (χ4n) is 1.78. The zero-order chi connectivity index (χ0) is 10.8. The molecule has 0 heterocycles. The Kier molecular flexibility index (Phi) is 2.94.